The van der Waals surface area contributed by atoms with Crippen LogP contribution in [0.15, 0.2) is 121 Å². The average molecular weight is 1270 g/mol. The number of nitrogens with zero attached hydrogens (tertiary/aromatic N) is 4. The zero-order valence-electron chi connectivity index (χ0n) is 53.3. The van der Waals surface area contributed by atoms with Gasteiger partial charge in [0.25, 0.3) is 0 Å². The Hall–Kier alpha value is -9.20. The van der Waals surface area contributed by atoms with Crippen molar-refractivity contribution in [1.82, 2.24) is 0 Å². The van der Waals surface area contributed by atoms with Crippen LogP contribution in [-0.2, 0) is 10.8 Å². The quantitative estimate of drug-likeness (QED) is 0.0996. The molecule has 0 heterocycles. The fraction of sp³-hybridized carbons (Fsp3) is 0.190. The van der Waals surface area contributed by atoms with Gasteiger partial charge < -0.3 is 0 Å². The molecule has 17 rings (SSSR count). The molecule has 92 heavy (non-hydrogen) atoms. The third kappa shape index (κ3) is 7.68. The predicted molar refractivity (Wildman–Crippen MR) is 394 cm³/mol. The second-order valence-corrected chi connectivity index (χ2v) is 29.1. The van der Waals surface area contributed by atoms with Crippen LogP contribution in [0.5, 0.6) is 0 Å². The molecule has 0 atom stereocenters. The predicted octanol–water partition coefficient (Wildman–Crippen LogP) is 25.0. The van der Waals surface area contributed by atoms with Crippen LogP contribution in [-0.4, -0.2) is 10.7 Å². The summed E-state index contributed by atoms with van der Waals surface area (Å²) >= 11 is 19.1. The lowest BCUT2D eigenvalue weighted by molar-refractivity contribution is 0.590. The molecule has 0 unspecified atom stereocenters. The molecule has 0 fully saturated rings. The highest BCUT2D eigenvalue weighted by atomic mass is 35.5. The van der Waals surface area contributed by atoms with Crippen molar-refractivity contribution in [2.24, 2.45) is 0 Å². The van der Waals surface area contributed by atoms with Crippen LogP contribution in [0.2, 0.25) is 0 Å². The molecule has 4 nitrogen and oxygen atoms in total. The minimum absolute atomic E-state index is 0.0951. The number of hydrogen-bond acceptors (Lipinski definition) is 4. The molecule has 17 aromatic carbocycles. The van der Waals surface area contributed by atoms with Gasteiger partial charge in [-0.25, -0.2) is 0 Å². The molecule has 0 radical (unpaired) electrons. The van der Waals surface area contributed by atoms with Crippen molar-refractivity contribution < 1.29 is 0 Å². The zero-order chi connectivity index (χ0) is 64.8. The third-order valence-electron chi connectivity index (χ3n) is 20.4. The first-order chi connectivity index (χ1) is 44.1. The molecule has 0 aliphatic heterocycles. The molecule has 0 aliphatic carbocycles. The van der Waals surface area contributed by atoms with E-state index in [9.17, 15) is 21.0 Å². The maximum absolute atomic E-state index is 11.5. The van der Waals surface area contributed by atoms with Gasteiger partial charge in [0.2, 0.25) is 0 Å². The van der Waals surface area contributed by atoms with Gasteiger partial charge >= 0.3 is 0 Å². The Bertz CT molecular complexity index is 5700. The lowest BCUT2D eigenvalue weighted by Gasteiger charge is -2.33. The highest BCUT2D eigenvalue weighted by Gasteiger charge is 2.38. The summed E-state index contributed by atoms with van der Waals surface area (Å²) < 4.78 is 0. The highest BCUT2D eigenvalue weighted by Crippen LogP contribution is 2.65. The molecule has 0 N–H and O–H groups in total. The van der Waals surface area contributed by atoms with Gasteiger partial charge in [0.15, 0.2) is 0 Å². The first kappa shape index (κ1) is 59.1. The normalized spacial score (nSPS) is 12.4. The average Bonchev–Trinajstić information content (AvgIpc) is 0.637. The smallest absolute Gasteiger partial charge is 0.101 e. The summed E-state index contributed by atoms with van der Waals surface area (Å²) in [5.74, 6) is 0. The standard InChI is InChI=1S/C82H56N4.2CH2Cl2/c1-37-29-39(3)59(40(4)30-37)67-53-27-23-49-57(35-85)55(33-83)47-22-26-52-62(44-15-19-46(20-16-44)82(10,11)12)74-68(60-41(5)31-38(2)32-42(60)6)54-28-24-50-58(36-86)56(34-84)48-21-25-51-61(43-13-17-45(18-14-43)81(7,8)9)73(67)79-75-69(51)64(48)66(50)72(54)78(75)80(74)76-70(52)63(47)65(49)71(53)77(76)79;2*2-1-3/h13-32H,1-12H3;2*1H2. The van der Waals surface area contributed by atoms with Gasteiger partial charge in [0, 0.05) is 43.1 Å². The fourth-order valence-corrected chi connectivity index (χ4v) is 17.2. The largest absolute Gasteiger partial charge is 0.192 e. The Labute approximate surface area is 554 Å². The first-order valence-corrected chi connectivity index (χ1v) is 33.2. The first-order valence-electron chi connectivity index (χ1n) is 31.1. The summed E-state index contributed by atoms with van der Waals surface area (Å²) in [7, 11) is 0. The van der Waals surface area contributed by atoms with E-state index in [0.717, 1.165) is 163 Å². The van der Waals surface area contributed by atoms with Crippen molar-refractivity contribution in [3.63, 3.8) is 0 Å². The van der Waals surface area contributed by atoms with E-state index in [1.165, 1.54) is 55.6 Å². The summed E-state index contributed by atoms with van der Waals surface area (Å²) in [6.07, 6.45) is 0. The number of hydrogen-bond donors (Lipinski definition) is 0. The molecular weight excluding hydrogens is 1210 g/mol. The van der Waals surface area contributed by atoms with Gasteiger partial charge in [-0.3, -0.25) is 0 Å². The van der Waals surface area contributed by atoms with Crippen LogP contribution in [0.1, 0.15) is 108 Å². The number of alkyl halides is 4. The van der Waals surface area contributed by atoms with Gasteiger partial charge in [0.1, 0.15) is 24.3 Å². The van der Waals surface area contributed by atoms with Gasteiger partial charge in [0.05, 0.1) is 32.9 Å². The van der Waals surface area contributed by atoms with Crippen molar-refractivity contribution in [2.75, 3.05) is 10.7 Å². The molecular formula is C84H60Cl4N4. The minimum Gasteiger partial charge on any atom is -0.192 e. The van der Waals surface area contributed by atoms with Crippen LogP contribution in [0.3, 0.4) is 0 Å². The van der Waals surface area contributed by atoms with Gasteiger partial charge in [-0.15, -0.1) is 46.4 Å². The monoisotopic (exact) mass is 1260 g/mol. The summed E-state index contributed by atoms with van der Waals surface area (Å²) in [5.41, 5.74) is 20.0. The van der Waals surface area contributed by atoms with Gasteiger partial charge in [-0.2, -0.15) is 21.0 Å². The van der Waals surface area contributed by atoms with Crippen molar-refractivity contribution >= 4 is 176 Å². The molecule has 17 aromatic rings. The molecule has 0 spiro atoms. The third-order valence-corrected chi connectivity index (χ3v) is 20.4. The fourth-order valence-electron chi connectivity index (χ4n) is 17.2. The minimum atomic E-state index is -0.0951. The van der Waals surface area contributed by atoms with Crippen molar-refractivity contribution in [3.8, 4) is 68.8 Å². The maximum atomic E-state index is 11.5. The van der Waals surface area contributed by atoms with E-state index in [0.29, 0.717) is 22.3 Å². The maximum Gasteiger partial charge on any atom is 0.101 e. The Morgan fingerprint density at radius 2 is 0.478 bits per heavy atom. The van der Waals surface area contributed by atoms with E-state index in [1.807, 2.05) is 0 Å². The molecule has 0 amide bonds. The van der Waals surface area contributed by atoms with E-state index >= 15 is 0 Å². The number of halogens is 4. The van der Waals surface area contributed by atoms with E-state index in [-0.39, 0.29) is 21.5 Å². The second kappa shape index (κ2) is 20.7. The van der Waals surface area contributed by atoms with Crippen molar-refractivity contribution in [2.45, 2.75) is 93.9 Å². The SMILES string of the molecule is Cc1cc(C)c(-c2c3ccc4c(C#N)c(C#N)c5ccc6c(-c7ccc(C(C)(C)C)cc7)c7c(-c8c(C)cc(C)cc8C)c8ccc9c(C#N)c(C#N)c%10ccc%11c(-c%12ccc(C(C)(C)C)cc%12)c2c2c%12c%11c%10c9c8c%12c7c7c6c5c4c3c27)c(C)c1.ClCCl.ClCCl. The van der Waals surface area contributed by atoms with Crippen molar-refractivity contribution in [1.29, 1.82) is 21.0 Å². The van der Waals surface area contributed by atoms with Crippen molar-refractivity contribution in [3.05, 3.63) is 188 Å². The molecule has 444 valence electrons. The van der Waals surface area contributed by atoms with E-state index < -0.39 is 0 Å². The molecule has 0 aromatic heterocycles. The summed E-state index contributed by atoms with van der Waals surface area (Å²) in [6.45, 7) is 27.0. The number of aryl methyl sites for hydroxylation is 6. The Morgan fingerprint density at radius 3 is 0.707 bits per heavy atom. The Balaban J connectivity index is 0.00000113. The number of nitriles is 4. The summed E-state index contributed by atoms with van der Waals surface area (Å²) in [5, 5.41) is 71.3. The van der Waals surface area contributed by atoms with E-state index in [2.05, 4.69) is 229 Å². The van der Waals surface area contributed by atoms with Crippen LogP contribution in [0.4, 0.5) is 0 Å². The lowest BCUT2D eigenvalue weighted by Crippen LogP contribution is -2.10. The highest BCUT2D eigenvalue weighted by molar-refractivity contribution is 6.62. The van der Waals surface area contributed by atoms with Crippen LogP contribution >= 0.6 is 46.4 Å². The molecule has 0 aliphatic rings. The summed E-state index contributed by atoms with van der Waals surface area (Å²) in [4.78, 5) is 0. The van der Waals surface area contributed by atoms with Crippen LogP contribution < -0.4 is 0 Å². The topological polar surface area (TPSA) is 95.2 Å². The summed E-state index contributed by atoms with van der Waals surface area (Å²) in [6, 6.07) is 55.9. The van der Waals surface area contributed by atoms with Crippen LogP contribution in [0.25, 0.3) is 174 Å². The van der Waals surface area contributed by atoms with Gasteiger partial charge in [-0.1, -0.05) is 174 Å². The zero-order valence-corrected chi connectivity index (χ0v) is 56.3. The molecule has 8 heteroatoms. The van der Waals surface area contributed by atoms with Gasteiger partial charge in [-0.05, 0) is 216 Å². The van der Waals surface area contributed by atoms with E-state index in [1.54, 1.807) is 0 Å². The Morgan fingerprint density at radius 1 is 0.272 bits per heavy atom. The molecule has 0 bridgehead atoms. The van der Waals surface area contributed by atoms with E-state index in [4.69, 9.17) is 46.4 Å². The van der Waals surface area contributed by atoms with Crippen LogP contribution in [0, 0.1) is 86.9 Å². The number of benzene rings is 17. The molecule has 0 saturated carbocycles. The second-order valence-electron chi connectivity index (χ2n) is 27.5. The Kier molecular flexibility index (Phi) is 13.3. The number of rotatable bonds is 4. The lowest BCUT2D eigenvalue weighted by atomic mass is 9.68. The molecule has 0 saturated heterocycles.